The summed E-state index contributed by atoms with van der Waals surface area (Å²) in [7, 11) is 0. The molecule has 0 aliphatic carbocycles. The number of benzene rings is 1. The molecule has 7 nitrogen and oxygen atoms in total. The molecule has 148 valence electrons. The van der Waals surface area contributed by atoms with E-state index in [0.717, 1.165) is 35.7 Å². The molecule has 0 unspecified atom stereocenters. The maximum absolute atomic E-state index is 12.6. The summed E-state index contributed by atoms with van der Waals surface area (Å²) >= 11 is 1.36. The Labute approximate surface area is 172 Å². The van der Waals surface area contributed by atoms with Crippen LogP contribution in [0.15, 0.2) is 48.0 Å². The van der Waals surface area contributed by atoms with E-state index in [4.69, 9.17) is 0 Å². The van der Waals surface area contributed by atoms with Gasteiger partial charge >= 0.3 is 0 Å². The van der Waals surface area contributed by atoms with E-state index in [0.29, 0.717) is 10.8 Å². The number of carbonyl (C=O) groups excluding carboxylic acids is 2. The smallest absolute Gasteiger partial charge is 0.276 e. The van der Waals surface area contributed by atoms with Crippen molar-refractivity contribution < 1.29 is 9.59 Å². The molecule has 29 heavy (non-hydrogen) atoms. The molecule has 3 heterocycles. The standard InChI is InChI=1S/C21H21N5O2S/c1-14(27)23-16-6-4-15(5-7-16)19-13-29-21(24-19)25-20(28)18-12-17(8-9-22-18)26-10-2-3-11-26/h4-9,12-13H,2-3,10-11H2,1H3,(H,23,27)(H,24,25,28). The lowest BCUT2D eigenvalue weighted by Crippen LogP contribution is -2.19. The van der Waals surface area contributed by atoms with E-state index < -0.39 is 0 Å². The Morgan fingerprint density at radius 1 is 1.07 bits per heavy atom. The highest BCUT2D eigenvalue weighted by molar-refractivity contribution is 7.14. The van der Waals surface area contributed by atoms with Gasteiger partial charge in [-0.3, -0.25) is 19.9 Å². The molecule has 2 aromatic heterocycles. The average molecular weight is 407 g/mol. The maximum atomic E-state index is 12.6. The Morgan fingerprint density at radius 3 is 2.55 bits per heavy atom. The van der Waals surface area contributed by atoms with Crippen molar-refractivity contribution in [3.05, 3.63) is 53.7 Å². The third kappa shape index (κ3) is 4.60. The monoisotopic (exact) mass is 407 g/mol. The van der Waals surface area contributed by atoms with Crippen molar-refractivity contribution in [2.45, 2.75) is 19.8 Å². The number of anilines is 3. The van der Waals surface area contributed by atoms with Gasteiger partial charge in [0.05, 0.1) is 5.69 Å². The number of nitrogens with one attached hydrogen (secondary N) is 2. The number of amides is 2. The average Bonchev–Trinajstić information content (AvgIpc) is 3.40. The lowest BCUT2D eigenvalue weighted by atomic mass is 10.1. The number of hydrogen-bond acceptors (Lipinski definition) is 6. The summed E-state index contributed by atoms with van der Waals surface area (Å²) < 4.78 is 0. The second-order valence-electron chi connectivity index (χ2n) is 6.84. The number of nitrogens with zero attached hydrogens (tertiary/aromatic N) is 3. The molecule has 0 spiro atoms. The summed E-state index contributed by atoms with van der Waals surface area (Å²) in [5.41, 5.74) is 3.81. The van der Waals surface area contributed by atoms with Gasteiger partial charge in [-0.2, -0.15) is 0 Å². The van der Waals surface area contributed by atoms with Gasteiger partial charge in [0.1, 0.15) is 5.69 Å². The summed E-state index contributed by atoms with van der Waals surface area (Å²) in [6.45, 7) is 3.50. The molecule has 8 heteroatoms. The van der Waals surface area contributed by atoms with Crippen LogP contribution in [0.25, 0.3) is 11.3 Å². The topological polar surface area (TPSA) is 87.2 Å². The minimum absolute atomic E-state index is 0.112. The van der Waals surface area contributed by atoms with Gasteiger partial charge in [0.2, 0.25) is 5.91 Å². The van der Waals surface area contributed by atoms with Crippen molar-refractivity contribution in [2.75, 3.05) is 28.6 Å². The number of pyridine rings is 1. The van der Waals surface area contributed by atoms with E-state index in [9.17, 15) is 9.59 Å². The van der Waals surface area contributed by atoms with Gasteiger partial charge in [-0.1, -0.05) is 12.1 Å². The number of aromatic nitrogens is 2. The third-order valence-electron chi connectivity index (χ3n) is 4.67. The highest BCUT2D eigenvalue weighted by atomic mass is 32.1. The molecule has 0 radical (unpaired) electrons. The van der Waals surface area contributed by atoms with Gasteiger partial charge in [-0.05, 0) is 37.1 Å². The van der Waals surface area contributed by atoms with Crippen molar-refractivity contribution in [2.24, 2.45) is 0 Å². The molecule has 2 amide bonds. The summed E-state index contributed by atoms with van der Waals surface area (Å²) in [6.07, 6.45) is 4.03. The van der Waals surface area contributed by atoms with Crippen LogP contribution in [0.1, 0.15) is 30.3 Å². The first-order valence-electron chi connectivity index (χ1n) is 9.44. The first-order chi connectivity index (χ1) is 14.1. The second kappa shape index (κ2) is 8.40. The Balaban J connectivity index is 1.44. The van der Waals surface area contributed by atoms with Crippen molar-refractivity contribution in [3.63, 3.8) is 0 Å². The Bertz CT molecular complexity index is 1030. The van der Waals surface area contributed by atoms with Crippen LogP contribution in [-0.2, 0) is 4.79 Å². The molecule has 1 aliphatic rings. The van der Waals surface area contributed by atoms with E-state index in [1.807, 2.05) is 41.8 Å². The van der Waals surface area contributed by atoms with Gasteiger partial charge < -0.3 is 10.2 Å². The quantitative estimate of drug-likeness (QED) is 0.667. The number of thiazole rings is 1. The lowest BCUT2D eigenvalue weighted by Gasteiger charge is -2.17. The van der Waals surface area contributed by atoms with Crippen LogP contribution < -0.4 is 15.5 Å². The highest BCUT2D eigenvalue weighted by Crippen LogP contribution is 2.27. The summed E-state index contributed by atoms with van der Waals surface area (Å²) in [5, 5.41) is 7.97. The predicted molar refractivity (Wildman–Crippen MR) is 115 cm³/mol. The van der Waals surface area contributed by atoms with E-state index in [1.54, 1.807) is 6.20 Å². The first-order valence-corrected chi connectivity index (χ1v) is 10.3. The van der Waals surface area contributed by atoms with Crippen LogP contribution in [0, 0.1) is 0 Å². The van der Waals surface area contributed by atoms with Crippen molar-refractivity contribution in [1.29, 1.82) is 0 Å². The zero-order valence-corrected chi connectivity index (χ0v) is 16.8. The minimum atomic E-state index is -0.270. The third-order valence-corrected chi connectivity index (χ3v) is 5.43. The lowest BCUT2D eigenvalue weighted by molar-refractivity contribution is -0.114. The fourth-order valence-electron chi connectivity index (χ4n) is 3.27. The van der Waals surface area contributed by atoms with Gasteiger partial charge in [-0.15, -0.1) is 11.3 Å². The molecule has 3 aromatic rings. The molecule has 0 bridgehead atoms. The summed E-state index contributed by atoms with van der Waals surface area (Å²) in [5.74, 6) is -0.383. The Morgan fingerprint density at radius 2 is 1.83 bits per heavy atom. The van der Waals surface area contributed by atoms with Crippen molar-refractivity contribution in [3.8, 4) is 11.3 Å². The van der Waals surface area contributed by atoms with Gasteiger partial charge in [0, 0.05) is 48.5 Å². The van der Waals surface area contributed by atoms with Gasteiger partial charge in [0.25, 0.3) is 5.91 Å². The second-order valence-corrected chi connectivity index (χ2v) is 7.70. The Hall–Kier alpha value is -3.26. The fraction of sp³-hybridized carbons (Fsp3) is 0.238. The first kappa shape index (κ1) is 19.1. The molecule has 1 aromatic carbocycles. The van der Waals surface area contributed by atoms with Gasteiger partial charge in [-0.25, -0.2) is 4.98 Å². The van der Waals surface area contributed by atoms with Crippen molar-refractivity contribution in [1.82, 2.24) is 9.97 Å². The van der Waals surface area contributed by atoms with E-state index in [1.165, 1.54) is 31.1 Å². The van der Waals surface area contributed by atoms with Crippen LogP contribution in [0.5, 0.6) is 0 Å². The zero-order valence-electron chi connectivity index (χ0n) is 16.0. The number of rotatable bonds is 5. The van der Waals surface area contributed by atoms with Crippen LogP contribution >= 0.6 is 11.3 Å². The molecule has 2 N–H and O–H groups in total. The number of carbonyl (C=O) groups is 2. The molecule has 0 saturated carbocycles. The van der Waals surface area contributed by atoms with E-state index in [-0.39, 0.29) is 11.8 Å². The van der Waals surface area contributed by atoms with Crippen LogP contribution in [-0.4, -0.2) is 34.9 Å². The summed E-state index contributed by atoms with van der Waals surface area (Å²) in [6, 6.07) is 11.2. The van der Waals surface area contributed by atoms with E-state index >= 15 is 0 Å². The Kier molecular flexibility index (Phi) is 5.53. The van der Waals surface area contributed by atoms with Gasteiger partial charge in [0.15, 0.2) is 5.13 Å². The normalized spacial score (nSPS) is 13.3. The minimum Gasteiger partial charge on any atom is -0.371 e. The molecule has 0 atom stereocenters. The van der Waals surface area contributed by atoms with Crippen LogP contribution in [0.2, 0.25) is 0 Å². The van der Waals surface area contributed by atoms with Crippen LogP contribution in [0.3, 0.4) is 0 Å². The van der Waals surface area contributed by atoms with E-state index in [2.05, 4.69) is 25.5 Å². The zero-order chi connectivity index (χ0) is 20.2. The van der Waals surface area contributed by atoms with Crippen LogP contribution in [0.4, 0.5) is 16.5 Å². The molecule has 1 aliphatic heterocycles. The fourth-order valence-corrected chi connectivity index (χ4v) is 3.98. The largest absolute Gasteiger partial charge is 0.371 e. The molecule has 1 saturated heterocycles. The molecule has 1 fully saturated rings. The predicted octanol–water partition coefficient (Wildman–Crippen LogP) is 4.02. The molecular weight excluding hydrogens is 386 g/mol. The SMILES string of the molecule is CC(=O)Nc1ccc(-c2csc(NC(=O)c3cc(N4CCCC4)ccn3)n2)cc1. The molecule has 4 rings (SSSR count). The number of hydrogen-bond donors (Lipinski definition) is 2. The molecular formula is C21H21N5O2S. The highest BCUT2D eigenvalue weighted by Gasteiger charge is 2.16. The maximum Gasteiger partial charge on any atom is 0.276 e. The summed E-state index contributed by atoms with van der Waals surface area (Å²) in [4.78, 5) is 34.7. The van der Waals surface area contributed by atoms with Crippen molar-refractivity contribution >= 4 is 39.7 Å².